The van der Waals surface area contributed by atoms with Crippen LogP contribution in [0.4, 0.5) is 0 Å². The van der Waals surface area contributed by atoms with Crippen LogP contribution in [-0.4, -0.2) is 11.2 Å². The van der Waals surface area contributed by atoms with Crippen molar-refractivity contribution in [2.45, 2.75) is 105 Å². The lowest BCUT2D eigenvalue weighted by Crippen LogP contribution is -2.43. The van der Waals surface area contributed by atoms with Crippen molar-refractivity contribution < 1.29 is 5.11 Å². The Kier molecular flexibility index (Phi) is 6.17. The van der Waals surface area contributed by atoms with Crippen molar-refractivity contribution in [1.29, 1.82) is 0 Å². The molecule has 0 saturated heterocycles. The molecule has 2 saturated carbocycles. The van der Waals surface area contributed by atoms with Gasteiger partial charge in [0.2, 0.25) is 0 Å². The van der Waals surface area contributed by atoms with Crippen LogP contribution in [0.25, 0.3) is 0 Å². The first-order valence-corrected chi connectivity index (χ1v) is 13.0. The van der Waals surface area contributed by atoms with Gasteiger partial charge in [0.1, 0.15) is 0 Å². The van der Waals surface area contributed by atoms with Crippen LogP contribution in [0.15, 0.2) is 34.9 Å². The summed E-state index contributed by atoms with van der Waals surface area (Å²) in [5.41, 5.74) is 5.96. The Labute approximate surface area is 186 Å². The van der Waals surface area contributed by atoms with E-state index >= 15 is 0 Å². The molecule has 4 aliphatic carbocycles. The lowest BCUT2D eigenvalue weighted by atomic mass is 9.52. The summed E-state index contributed by atoms with van der Waals surface area (Å²) in [5, 5.41) is 10.2. The largest absolute Gasteiger partial charge is 0.393 e. The summed E-state index contributed by atoms with van der Waals surface area (Å²) in [6, 6.07) is 0. The van der Waals surface area contributed by atoms with Gasteiger partial charge in [-0.3, -0.25) is 0 Å². The fourth-order valence-electron chi connectivity index (χ4n) is 8.08. The van der Waals surface area contributed by atoms with Gasteiger partial charge in [-0.25, -0.2) is 0 Å². The molecular weight excluding hydrogens is 364 g/mol. The van der Waals surface area contributed by atoms with E-state index in [0.717, 1.165) is 42.9 Å². The number of fused-ring (bicyclic) bond motifs is 4. The SMILES string of the molecule is CC[C@H](/C=C/[C@@H](C)[C@H]1CCC2=C3CC=C4C[C@@H](O)CC[C@]4(C)[C@H]3CC[C@@]21C)C(C)C. The first-order chi connectivity index (χ1) is 14.2. The van der Waals surface area contributed by atoms with E-state index < -0.39 is 0 Å². The molecule has 1 N–H and O–H groups in total. The van der Waals surface area contributed by atoms with E-state index in [1.54, 1.807) is 5.57 Å². The molecule has 30 heavy (non-hydrogen) atoms. The second kappa shape index (κ2) is 8.27. The fourth-order valence-corrected chi connectivity index (χ4v) is 8.08. The van der Waals surface area contributed by atoms with Gasteiger partial charge in [-0.05, 0) is 98.2 Å². The van der Waals surface area contributed by atoms with Crippen LogP contribution in [0.2, 0.25) is 0 Å². The molecule has 0 heterocycles. The average molecular weight is 411 g/mol. The predicted octanol–water partition coefficient (Wildman–Crippen LogP) is 7.87. The minimum absolute atomic E-state index is 0.103. The molecule has 0 spiro atoms. The lowest BCUT2D eigenvalue weighted by Gasteiger charge is -2.53. The molecule has 0 radical (unpaired) electrons. The molecule has 168 valence electrons. The van der Waals surface area contributed by atoms with Crippen LogP contribution in [0.5, 0.6) is 0 Å². The molecule has 0 aliphatic heterocycles. The third kappa shape index (κ3) is 3.58. The maximum Gasteiger partial charge on any atom is 0.0577 e. The monoisotopic (exact) mass is 410 g/mol. The van der Waals surface area contributed by atoms with E-state index in [4.69, 9.17) is 0 Å². The Morgan fingerprint density at radius 2 is 1.80 bits per heavy atom. The topological polar surface area (TPSA) is 20.2 Å². The highest BCUT2D eigenvalue weighted by Gasteiger charge is 2.53. The quantitative estimate of drug-likeness (QED) is 0.457. The zero-order valence-corrected chi connectivity index (χ0v) is 20.5. The van der Waals surface area contributed by atoms with Gasteiger partial charge in [-0.1, -0.05) is 76.5 Å². The molecule has 4 aliphatic rings. The predicted molar refractivity (Wildman–Crippen MR) is 128 cm³/mol. The van der Waals surface area contributed by atoms with Crippen molar-refractivity contribution in [2.75, 3.05) is 0 Å². The smallest absolute Gasteiger partial charge is 0.0577 e. The van der Waals surface area contributed by atoms with Crippen molar-refractivity contribution in [3.05, 3.63) is 34.9 Å². The van der Waals surface area contributed by atoms with Crippen molar-refractivity contribution in [3.8, 4) is 0 Å². The van der Waals surface area contributed by atoms with Crippen molar-refractivity contribution >= 4 is 0 Å². The lowest BCUT2D eigenvalue weighted by molar-refractivity contribution is 0.0711. The van der Waals surface area contributed by atoms with Crippen molar-refractivity contribution in [3.63, 3.8) is 0 Å². The summed E-state index contributed by atoms with van der Waals surface area (Å²) < 4.78 is 0. The number of allylic oxidation sites excluding steroid dienone is 5. The van der Waals surface area contributed by atoms with Gasteiger partial charge in [0.25, 0.3) is 0 Å². The molecule has 1 heteroatoms. The first kappa shape index (κ1) is 22.4. The van der Waals surface area contributed by atoms with E-state index in [9.17, 15) is 5.11 Å². The second-order valence-corrected chi connectivity index (χ2v) is 12.0. The van der Waals surface area contributed by atoms with Gasteiger partial charge in [0.05, 0.1) is 6.10 Å². The van der Waals surface area contributed by atoms with Crippen LogP contribution in [0.1, 0.15) is 99.3 Å². The summed E-state index contributed by atoms with van der Waals surface area (Å²) in [6.45, 7) is 14.7. The molecule has 0 aromatic rings. The minimum atomic E-state index is -0.103. The molecule has 4 rings (SSSR count). The zero-order chi connectivity index (χ0) is 21.7. The van der Waals surface area contributed by atoms with Crippen molar-refractivity contribution in [2.24, 2.45) is 40.4 Å². The zero-order valence-electron chi connectivity index (χ0n) is 20.5. The maximum absolute atomic E-state index is 10.2. The standard InChI is InChI=1S/C29H46O/c1-7-21(19(2)3)9-8-20(4)25-12-13-26-24-11-10-22-18-23(30)14-16-28(22,5)27(24)15-17-29(25,26)6/h8-10,19-21,23,25,27,30H,7,11-18H2,1-6H3/b9-8+/t20-,21-,23+,25-,27+,28+,29-/m1/s1. The van der Waals surface area contributed by atoms with E-state index in [1.807, 2.05) is 11.1 Å². The average Bonchev–Trinajstić information content (AvgIpc) is 3.06. The van der Waals surface area contributed by atoms with E-state index in [-0.39, 0.29) is 6.10 Å². The molecule has 0 amide bonds. The molecule has 0 aromatic carbocycles. The minimum Gasteiger partial charge on any atom is -0.393 e. The fraction of sp³-hybridized carbons (Fsp3) is 0.793. The molecule has 0 aromatic heterocycles. The number of aliphatic hydroxyl groups is 1. The summed E-state index contributed by atoms with van der Waals surface area (Å²) in [5.74, 6) is 3.67. The van der Waals surface area contributed by atoms with E-state index in [1.165, 1.54) is 38.5 Å². The molecular formula is C29H46O. The Morgan fingerprint density at radius 3 is 2.50 bits per heavy atom. The highest BCUT2D eigenvalue weighted by Crippen LogP contribution is 2.64. The van der Waals surface area contributed by atoms with E-state index in [0.29, 0.717) is 16.7 Å². The summed E-state index contributed by atoms with van der Waals surface area (Å²) in [7, 11) is 0. The molecule has 1 nitrogen and oxygen atoms in total. The maximum atomic E-state index is 10.2. The van der Waals surface area contributed by atoms with Crippen LogP contribution < -0.4 is 0 Å². The van der Waals surface area contributed by atoms with Crippen molar-refractivity contribution in [1.82, 2.24) is 0 Å². The summed E-state index contributed by atoms with van der Waals surface area (Å²) >= 11 is 0. The van der Waals surface area contributed by atoms with Gasteiger partial charge in [0, 0.05) is 0 Å². The van der Waals surface area contributed by atoms with Gasteiger partial charge in [-0.15, -0.1) is 0 Å². The Balaban J connectivity index is 1.60. The molecule has 0 unspecified atom stereocenters. The second-order valence-electron chi connectivity index (χ2n) is 12.0. The van der Waals surface area contributed by atoms with Crippen LogP contribution in [0, 0.1) is 40.4 Å². The number of hydrogen-bond acceptors (Lipinski definition) is 1. The Morgan fingerprint density at radius 1 is 1.07 bits per heavy atom. The summed E-state index contributed by atoms with van der Waals surface area (Å²) in [6.07, 6.45) is 18.5. The Hall–Kier alpha value is -0.820. The third-order valence-corrected chi connectivity index (χ3v) is 10.1. The molecule has 7 atom stereocenters. The number of hydrogen-bond donors (Lipinski definition) is 1. The molecule has 0 bridgehead atoms. The van der Waals surface area contributed by atoms with Gasteiger partial charge >= 0.3 is 0 Å². The number of aliphatic hydroxyl groups excluding tert-OH is 1. The van der Waals surface area contributed by atoms with Gasteiger partial charge in [-0.2, -0.15) is 0 Å². The highest BCUT2D eigenvalue weighted by atomic mass is 16.3. The highest BCUT2D eigenvalue weighted by molar-refractivity contribution is 5.40. The van der Waals surface area contributed by atoms with Crippen LogP contribution >= 0.6 is 0 Å². The normalized spacial score (nSPS) is 40.8. The number of rotatable bonds is 5. The third-order valence-electron chi connectivity index (χ3n) is 10.1. The Bertz CT molecular complexity index is 739. The molecule has 2 fully saturated rings. The van der Waals surface area contributed by atoms with Crippen LogP contribution in [0.3, 0.4) is 0 Å². The van der Waals surface area contributed by atoms with E-state index in [2.05, 4.69) is 59.8 Å². The summed E-state index contributed by atoms with van der Waals surface area (Å²) in [4.78, 5) is 0. The van der Waals surface area contributed by atoms with Gasteiger partial charge < -0.3 is 5.11 Å². The first-order valence-electron chi connectivity index (χ1n) is 13.0. The van der Waals surface area contributed by atoms with Crippen LogP contribution in [-0.2, 0) is 0 Å². The van der Waals surface area contributed by atoms with Gasteiger partial charge in [0.15, 0.2) is 0 Å².